The SMILES string of the molecule is CC1CN2CCCC2CN1c1ccc(CO)c(Cl)c1. The zero-order valence-electron chi connectivity index (χ0n) is 11.3. The molecular weight excluding hydrogens is 260 g/mol. The molecule has 2 aliphatic rings. The standard InChI is InChI=1S/C15H21ClN2O/c1-11-8-17-6-2-3-14(17)9-18(11)13-5-4-12(10-19)15(16)7-13/h4-5,7,11,14,19H,2-3,6,8-10H2,1H3. The summed E-state index contributed by atoms with van der Waals surface area (Å²) in [6.45, 7) is 5.78. The lowest BCUT2D eigenvalue weighted by atomic mass is 10.1. The van der Waals surface area contributed by atoms with Gasteiger partial charge in [-0.3, -0.25) is 4.90 Å². The number of fused-ring (bicyclic) bond motifs is 1. The van der Waals surface area contributed by atoms with Crippen LogP contribution in [0.25, 0.3) is 0 Å². The highest BCUT2D eigenvalue weighted by atomic mass is 35.5. The van der Waals surface area contributed by atoms with Crippen LogP contribution in [0.1, 0.15) is 25.3 Å². The molecule has 2 aliphatic heterocycles. The summed E-state index contributed by atoms with van der Waals surface area (Å²) in [5, 5.41) is 9.86. The molecule has 2 heterocycles. The number of halogens is 1. The van der Waals surface area contributed by atoms with E-state index in [2.05, 4.69) is 22.8 Å². The Kier molecular flexibility index (Phi) is 3.70. The van der Waals surface area contributed by atoms with Gasteiger partial charge in [-0.25, -0.2) is 0 Å². The number of piperazine rings is 1. The lowest BCUT2D eigenvalue weighted by Crippen LogP contribution is -2.55. The van der Waals surface area contributed by atoms with Crippen LogP contribution in [0, 0.1) is 0 Å². The van der Waals surface area contributed by atoms with Gasteiger partial charge in [0.15, 0.2) is 0 Å². The monoisotopic (exact) mass is 280 g/mol. The fourth-order valence-corrected chi connectivity index (χ4v) is 3.62. The van der Waals surface area contributed by atoms with Gasteiger partial charge in [-0.2, -0.15) is 0 Å². The van der Waals surface area contributed by atoms with Crippen LogP contribution in [-0.2, 0) is 6.61 Å². The van der Waals surface area contributed by atoms with E-state index in [0.717, 1.165) is 18.7 Å². The summed E-state index contributed by atoms with van der Waals surface area (Å²) < 4.78 is 0. The smallest absolute Gasteiger partial charge is 0.0696 e. The first-order valence-electron chi connectivity index (χ1n) is 7.09. The summed E-state index contributed by atoms with van der Waals surface area (Å²) in [4.78, 5) is 5.07. The molecule has 19 heavy (non-hydrogen) atoms. The van der Waals surface area contributed by atoms with Gasteiger partial charge in [0.25, 0.3) is 0 Å². The Labute approximate surface area is 119 Å². The normalized spacial score (nSPS) is 27.6. The van der Waals surface area contributed by atoms with E-state index in [0.29, 0.717) is 17.1 Å². The Bertz CT molecular complexity index is 465. The number of hydrogen-bond acceptors (Lipinski definition) is 3. The number of nitrogens with zero attached hydrogens (tertiary/aromatic N) is 2. The van der Waals surface area contributed by atoms with Crippen LogP contribution in [0.3, 0.4) is 0 Å². The van der Waals surface area contributed by atoms with Crippen LogP contribution in [-0.4, -0.2) is 41.7 Å². The van der Waals surface area contributed by atoms with Gasteiger partial charge < -0.3 is 10.0 Å². The molecule has 104 valence electrons. The second-order valence-electron chi connectivity index (χ2n) is 5.73. The molecule has 3 nitrogen and oxygen atoms in total. The lowest BCUT2D eigenvalue weighted by molar-refractivity contribution is 0.203. The fourth-order valence-electron chi connectivity index (χ4n) is 3.39. The molecule has 0 aliphatic carbocycles. The van der Waals surface area contributed by atoms with Crippen molar-refractivity contribution in [3.8, 4) is 0 Å². The molecule has 0 saturated carbocycles. The molecule has 2 saturated heterocycles. The van der Waals surface area contributed by atoms with Gasteiger partial charge in [0.05, 0.1) is 6.61 Å². The highest BCUT2D eigenvalue weighted by molar-refractivity contribution is 6.31. The average molecular weight is 281 g/mol. The highest BCUT2D eigenvalue weighted by Crippen LogP contribution is 2.31. The Hall–Kier alpha value is -0.770. The van der Waals surface area contributed by atoms with Crippen molar-refractivity contribution >= 4 is 17.3 Å². The van der Waals surface area contributed by atoms with E-state index < -0.39 is 0 Å². The second-order valence-corrected chi connectivity index (χ2v) is 6.13. The van der Waals surface area contributed by atoms with E-state index in [1.165, 1.54) is 25.1 Å². The maximum absolute atomic E-state index is 9.19. The first-order chi connectivity index (χ1) is 9.19. The van der Waals surface area contributed by atoms with Crippen LogP contribution < -0.4 is 4.90 Å². The first kappa shape index (κ1) is 13.2. The van der Waals surface area contributed by atoms with Crippen molar-refractivity contribution in [3.63, 3.8) is 0 Å². The summed E-state index contributed by atoms with van der Waals surface area (Å²) in [6, 6.07) is 7.23. The molecular formula is C15H21ClN2O. The minimum atomic E-state index is 0.00503. The molecule has 1 aromatic rings. The molecule has 1 N–H and O–H groups in total. The zero-order chi connectivity index (χ0) is 13.4. The Morgan fingerprint density at radius 1 is 1.37 bits per heavy atom. The molecule has 2 unspecified atom stereocenters. The van der Waals surface area contributed by atoms with E-state index >= 15 is 0 Å². The molecule has 0 spiro atoms. The fraction of sp³-hybridized carbons (Fsp3) is 0.600. The zero-order valence-corrected chi connectivity index (χ0v) is 12.1. The maximum Gasteiger partial charge on any atom is 0.0696 e. The van der Waals surface area contributed by atoms with Gasteiger partial charge in [-0.15, -0.1) is 0 Å². The van der Waals surface area contributed by atoms with Crippen molar-refractivity contribution in [3.05, 3.63) is 28.8 Å². The molecule has 4 heteroatoms. The summed E-state index contributed by atoms with van der Waals surface area (Å²) >= 11 is 6.21. The quantitative estimate of drug-likeness (QED) is 0.902. The van der Waals surface area contributed by atoms with Crippen molar-refractivity contribution in [2.24, 2.45) is 0 Å². The number of hydrogen-bond donors (Lipinski definition) is 1. The summed E-state index contributed by atoms with van der Waals surface area (Å²) in [5.41, 5.74) is 1.99. The maximum atomic E-state index is 9.19. The molecule has 1 aromatic carbocycles. The minimum Gasteiger partial charge on any atom is -0.392 e. The van der Waals surface area contributed by atoms with Crippen molar-refractivity contribution < 1.29 is 5.11 Å². The minimum absolute atomic E-state index is 0.00503. The number of aliphatic hydroxyl groups is 1. The first-order valence-corrected chi connectivity index (χ1v) is 7.47. The van der Waals surface area contributed by atoms with E-state index in [9.17, 15) is 5.11 Å². The van der Waals surface area contributed by atoms with Crippen LogP contribution in [0.4, 0.5) is 5.69 Å². The number of rotatable bonds is 2. The van der Waals surface area contributed by atoms with E-state index in [-0.39, 0.29) is 6.61 Å². The third-order valence-electron chi connectivity index (χ3n) is 4.48. The molecule has 2 fully saturated rings. The van der Waals surface area contributed by atoms with Gasteiger partial charge in [-0.1, -0.05) is 17.7 Å². The van der Waals surface area contributed by atoms with Crippen LogP contribution >= 0.6 is 11.6 Å². The van der Waals surface area contributed by atoms with Crippen LogP contribution in [0.2, 0.25) is 5.02 Å². The molecule has 0 bridgehead atoms. The molecule has 2 atom stereocenters. The number of benzene rings is 1. The third kappa shape index (κ3) is 2.47. The predicted octanol–water partition coefficient (Wildman–Crippen LogP) is 2.51. The van der Waals surface area contributed by atoms with Crippen molar-refractivity contribution in [1.29, 1.82) is 0 Å². The van der Waals surface area contributed by atoms with Crippen molar-refractivity contribution in [2.75, 3.05) is 24.5 Å². The average Bonchev–Trinajstić information content (AvgIpc) is 2.84. The Morgan fingerprint density at radius 3 is 2.95 bits per heavy atom. The summed E-state index contributed by atoms with van der Waals surface area (Å²) in [5.74, 6) is 0. The Balaban J connectivity index is 1.82. The summed E-state index contributed by atoms with van der Waals surface area (Å²) in [6.07, 6.45) is 2.64. The van der Waals surface area contributed by atoms with Crippen molar-refractivity contribution in [2.45, 2.75) is 38.5 Å². The highest BCUT2D eigenvalue weighted by Gasteiger charge is 2.34. The van der Waals surface area contributed by atoms with E-state index in [1.807, 2.05) is 12.1 Å². The van der Waals surface area contributed by atoms with Crippen molar-refractivity contribution in [1.82, 2.24) is 4.90 Å². The van der Waals surface area contributed by atoms with E-state index in [4.69, 9.17) is 11.6 Å². The predicted molar refractivity (Wildman–Crippen MR) is 78.8 cm³/mol. The summed E-state index contributed by atoms with van der Waals surface area (Å²) in [7, 11) is 0. The van der Waals surface area contributed by atoms with Gasteiger partial charge in [-0.05, 0) is 44.0 Å². The third-order valence-corrected chi connectivity index (χ3v) is 4.83. The van der Waals surface area contributed by atoms with Gasteiger partial charge >= 0.3 is 0 Å². The number of anilines is 1. The molecule has 0 radical (unpaired) electrons. The van der Waals surface area contributed by atoms with Gasteiger partial charge in [0.2, 0.25) is 0 Å². The molecule has 3 rings (SSSR count). The Morgan fingerprint density at radius 2 is 2.21 bits per heavy atom. The van der Waals surface area contributed by atoms with Gasteiger partial charge in [0, 0.05) is 35.9 Å². The largest absolute Gasteiger partial charge is 0.392 e. The lowest BCUT2D eigenvalue weighted by Gasteiger charge is -2.43. The molecule has 0 amide bonds. The van der Waals surface area contributed by atoms with Crippen LogP contribution in [0.5, 0.6) is 0 Å². The van der Waals surface area contributed by atoms with E-state index in [1.54, 1.807) is 0 Å². The topological polar surface area (TPSA) is 26.7 Å². The number of aliphatic hydroxyl groups excluding tert-OH is 1. The second kappa shape index (κ2) is 5.31. The van der Waals surface area contributed by atoms with Crippen LogP contribution in [0.15, 0.2) is 18.2 Å². The van der Waals surface area contributed by atoms with Gasteiger partial charge in [0.1, 0.15) is 0 Å². The molecule has 0 aromatic heterocycles.